The molecule has 1 aliphatic rings. The second-order valence-electron chi connectivity index (χ2n) is 21.4. The van der Waals surface area contributed by atoms with Crippen LogP contribution in [-0.2, 0) is 21.1 Å². The van der Waals surface area contributed by atoms with Crippen LogP contribution in [0.2, 0.25) is 0 Å². The first-order chi connectivity index (χ1) is 42.2. The molecular formula is C78H50BN5OPt-2. The van der Waals surface area contributed by atoms with E-state index < -0.39 is 0 Å². The summed E-state index contributed by atoms with van der Waals surface area (Å²) in [5.74, 6) is 1.86. The molecule has 15 aromatic rings. The molecule has 0 bridgehead atoms. The predicted octanol–water partition coefficient (Wildman–Crippen LogP) is 16.6. The van der Waals surface area contributed by atoms with E-state index in [2.05, 4.69) is 316 Å². The molecule has 408 valence electrons. The van der Waals surface area contributed by atoms with Gasteiger partial charge < -0.3 is 18.8 Å². The third kappa shape index (κ3) is 9.04. The van der Waals surface area contributed by atoms with E-state index in [1.165, 1.54) is 38.6 Å². The quantitative estimate of drug-likeness (QED) is 0.0736. The number of ether oxygens (including phenoxy) is 1. The van der Waals surface area contributed by atoms with E-state index in [4.69, 9.17) is 9.72 Å². The van der Waals surface area contributed by atoms with Crippen molar-refractivity contribution in [1.82, 2.24) is 14.1 Å². The Bertz CT molecular complexity index is 4850. The van der Waals surface area contributed by atoms with Crippen molar-refractivity contribution in [2.45, 2.75) is 0 Å². The van der Waals surface area contributed by atoms with Crippen LogP contribution in [0.4, 0.5) is 17.1 Å². The number of aromatic nitrogens is 4. The second kappa shape index (κ2) is 22.2. The Morgan fingerprint density at radius 1 is 0.419 bits per heavy atom. The summed E-state index contributed by atoms with van der Waals surface area (Å²) < 4.78 is 13.3. The summed E-state index contributed by atoms with van der Waals surface area (Å²) >= 11 is 0. The van der Waals surface area contributed by atoms with E-state index in [1.54, 1.807) is 0 Å². The third-order valence-corrected chi connectivity index (χ3v) is 16.5. The van der Waals surface area contributed by atoms with Crippen LogP contribution in [-0.4, -0.2) is 20.8 Å². The maximum atomic E-state index is 6.82. The maximum Gasteiger partial charge on any atom is 0.268 e. The molecule has 0 radical (unpaired) electrons. The number of anilines is 3. The van der Waals surface area contributed by atoms with Gasteiger partial charge in [-0.3, -0.25) is 4.57 Å². The van der Waals surface area contributed by atoms with Gasteiger partial charge in [-0.15, -0.1) is 29.7 Å². The fourth-order valence-corrected chi connectivity index (χ4v) is 12.8. The average molecular weight is 1280 g/mol. The summed E-state index contributed by atoms with van der Waals surface area (Å²) in [5.41, 5.74) is 21.9. The van der Waals surface area contributed by atoms with Crippen molar-refractivity contribution < 1.29 is 30.4 Å². The van der Waals surface area contributed by atoms with Crippen LogP contribution < -0.4 is 30.6 Å². The smallest absolute Gasteiger partial charge is 0.268 e. The van der Waals surface area contributed by atoms with Crippen LogP contribution in [0, 0.1) is 18.5 Å². The summed E-state index contributed by atoms with van der Waals surface area (Å²) in [4.78, 5) is 7.56. The Balaban J connectivity index is 0.00000625. The van der Waals surface area contributed by atoms with Gasteiger partial charge in [0.05, 0.1) is 22.4 Å². The minimum Gasteiger partial charge on any atom is -0.510 e. The molecule has 0 atom stereocenters. The van der Waals surface area contributed by atoms with E-state index in [-0.39, 0.29) is 27.8 Å². The molecular weight excluding hydrogens is 1230 g/mol. The van der Waals surface area contributed by atoms with Crippen molar-refractivity contribution in [2.75, 3.05) is 4.90 Å². The van der Waals surface area contributed by atoms with Crippen molar-refractivity contribution in [1.29, 1.82) is 0 Å². The van der Waals surface area contributed by atoms with Crippen LogP contribution in [0.25, 0.3) is 94.5 Å². The zero-order valence-electron chi connectivity index (χ0n) is 46.4. The van der Waals surface area contributed by atoms with Crippen molar-refractivity contribution >= 4 is 73.0 Å². The first kappa shape index (κ1) is 52.2. The summed E-state index contributed by atoms with van der Waals surface area (Å²) in [5, 5.41) is 2.13. The number of fused-ring (bicyclic) bond motifs is 6. The van der Waals surface area contributed by atoms with Gasteiger partial charge in [-0.1, -0.05) is 248 Å². The number of pyridine rings is 1. The van der Waals surface area contributed by atoms with Crippen LogP contribution >= 0.6 is 0 Å². The maximum absolute atomic E-state index is 6.82. The van der Waals surface area contributed by atoms with Crippen molar-refractivity contribution in [3.05, 3.63) is 322 Å². The van der Waals surface area contributed by atoms with Crippen LogP contribution in [0.15, 0.2) is 303 Å². The fourth-order valence-electron chi connectivity index (χ4n) is 12.8. The normalized spacial score (nSPS) is 11.8. The van der Waals surface area contributed by atoms with Gasteiger partial charge in [-0.2, -0.15) is 18.2 Å². The molecule has 12 aromatic carbocycles. The molecule has 8 heteroatoms. The molecule has 1 aliphatic heterocycles. The Morgan fingerprint density at radius 2 is 0.930 bits per heavy atom. The van der Waals surface area contributed by atoms with Gasteiger partial charge in [0.1, 0.15) is 5.82 Å². The Labute approximate surface area is 514 Å². The van der Waals surface area contributed by atoms with Crippen LogP contribution in [0.3, 0.4) is 0 Å². The van der Waals surface area contributed by atoms with E-state index >= 15 is 0 Å². The van der Waals surface area contributed by atoms with Gasteiger partial charge in [0, 0.05) is 61.7 Å². The summed E-state index contributed by atoms with van der Waals surface area (Å²) in [6.45, 7) is -0.0763. The third-order valence-electron chi connectivity index (χ3n) is 16.5. The van der Waals surface area contributed by atoms with Crippen LogP contribution in [0.5, 0.6) is 11.5 Å². The van der Waals surface area contributed by atoms with Gasteiger partial charge in [-0.05, 0) is 90.8 Å². The first-order valence-electron chi connectivity index (χ1n) is 28.7. The molecule has 4 heterocycles. The number of imidazole rings is 1. The van der Waals surface area contributed by atoms with E-state index in [9.17, 15) is 0 Å². The van der Waals surface area contributed by atoms with E-state index in [0.717, 1.165) is 89.3 Å². The molecule has 16 rings (SSSR count). The summed E-state index contributed by atoms with van der Waals surface area (Å²) in [6, 6.07) is 113. The standard InChI is InChI=1S/C78H50BN5O.Pt/c1-5-24-54(25-6-1)62-35-22-36-63(55-26-7-2-8-27-55)77(62)79-68-39-14-17-42-71(68)83(72-43-18-15-40-69(72)79)59-48-49-80-76(51-59)84-70-41-16-13-34-66(70)67-47-46-61(52-75(67)84)85-60-33-21-32-58(50-60)81-53-82(74-45-20-19-44-73(74)81)78-64(56-28-9-3-10-29-56)37-23-38-65(78)57-30-11-4-12-31-57;/h1-49,51H;/q-2;. The summed E-state index contributed by atoms with van der Waals surface area (Å²) in [7, 11) is 0. The number of para-hydroxylation sites is 6. The first-order valence-corrected chi connectivity index (χ1v) is 28.7. The molecule has 0 amide bonds. The number of nitrogens with zero attached hydrogens (tertiary/aromatic N) is 5. The van der Waals surface area contributed by atoms with E-state index in [1.807, 2.05) is 24.4 Å². The molecule has 0 aliphatic carbocycles. The van der Waals surface area contributed by atoms with Gasteiger partial charge in [0.15, 0.2) is 0 Å². The van der Waals surface area contributed by atoms with Gasteiger partial charge in [0.2, 0.25) is 6.71 Å². The number of hydrogen-bond donors (Lipinski definition) is 0. The van der Waals surface area contributed by atoms with Crippen molar-refractivity contribution in [3.63, 3.8) is 0 Å². The number of benzene rings is 12. The number of rotatable bonds is 11. The molecule has 0 saturated carbocycles. The molecule has 3 aromatic heterocycles. The zero-order valence-corrected chi connectivity index (χ0v) is 48.7. The largest absolute Gasteiger partial charge is 0.510 e. The fraction of sp³-hybridized carbons (Fsp3) is 0. The minimum absolute atomic E-state index is 0. The van der Waals surface area contributed by atoms with Crippen molar-refractivity contribution in [2.24, 2.45) is 0 Å². The van der Waals surface area contributed by atoms with Gasteiger partial charge in [-0.25, -0.2) is 4.98 Å². The molecule has 86 heavy (non-hydrogen) atoms. The molecule has 0 saturated heterocycles. The van der Waals surface area contributed by atoms with Gasteiger partial charge >= 0.3 is 0 Å². The molecule has 0 fully saturated rings. The van der Waals surface area contributed by atoms with Crippen LogP contribution in [0.1, 0.15) is 0 Å². The van der Waals surface area contributed by atoms with E-state index in [0.29, 0.717) is 11.5 Å². The topological polar surface area (TPSA) is 39.1 Å². The molecule has 0 spiro atoms. The minimum atomic E-state index is -0.0763. The summed E-state index contributed by atoms with van der Waals surface area (Å²) in [6.07, 6.45) is 5.72. The Kier molecular flexibility index (Phi) is 13.5. The Morgan fingerprint density at radius 3 is 1.56 bits per heavy atom. The monoisotopic (exact) mass is 1280 g/mol. The zero-order chi connectivity index (χ0) is 56.2. The SMILES string of the molecule is [Pt].[c-]1c(Oc2[c-]c3c(cc2)c2ccccc2n3-c2cc(N3c4ccccc4B(c4c(-c5ccccc5)cccc4-c4ccccc4)c4ccccc43)ccn2)cccc1-n1[c-][n+](-c2c(-c3ccccc3)cccc2-c2ccccc2)c2ccccc21. The average Bonchev–Trinajstić information content (AvgIpc) is 2.00. The molecule has 0 unspecified atom stereocenters. The number of hydrogen-bond acceptors (Lipinski definition) is 3. The Hall–Kier alpha value is -10.6. The second-order valence-corrected chi connectivity index (χ2v) is 21.4. The van der Waals surface area contributed by atoms with Crippen molar-refractivity contribution in [3.8, 4) is 73.2 Å². The molecule has 6 nitrogen and oxygen atoms in total. The van der Waals surface area contributed by atoms with Gasteiger partial charge in [0.25, 0.3) is 6.33 Å². The predicted molar refractivity (Wildman–Crippen MR) is 347 cm³/mol. The molecule has 0 N–H and O–H groups in total.